The van der Waals surface area contributed by atoms with Crippen molar-refractivity contribution in [2.24, 2.45) is 15.9 Å². The first-order valence-corrected chi connectivity index (χ1v) is 6.38. The third kappa shape index (κ3) is 3.10. The molecule has 2 rings (SSSR count). The minimum Gasteiger partial charge on any atom is -0.461 e. The summed E-state index contributed by atoms with van der Waals surface area (Å²) in [5.74, 6) is 0.868. The van der Waals surface area contributed by atoms with Gasteiger partial charge >= 0.3 is 0 Å². The number of nitrogens with two attached hydrogens (primary N) is 1. The van der Waals surface area contributed by atoms with E-state index in [0.29, 0.717) is 11.6 Å². The van der Waals surface area contributed by atoms with Crippen LogP contribution in [0.5, 0.6) is 0 Å². The molecule has 5 heteroatoms. The molecule has 0 unspecified atom stereocenters. The van der Waals surface area contributed by atoms with E-state index < -0.39 is 0 Å². The van der Waals surface area contributed by atoms with Crippen LogP contribution in [0.2, 0.25) is 0 Å². The molecule has 0 aliphatic rings. The van der Waals surface area contributed by atoms with Gasteiger partial charge in [0.2, 0.25) is 0 Å². The van der Waals surface area contributed by atoms with Crippen molar-refractivity contribution in [2.45, 2.75) is 6.42 Å². The molecule has 2 N–H and O–H groups in total. The van der Waals surface area contributed by atoms with E-state index in [1.54, 1.807) is 6.21 Å². The van der Waals surface area contributed by atoms with Gasteiger partial charge in [0.1, 0.15) is 11.3 Å². The van der Waals surface area contributed by atoms with E-state index in [9.17, 15) is 0 Å². The average Bonchev–Trinajstić information content (AvgIpc) is 2.76. The van der Waals surface area contributed by atoms with Crippen molar-refractivity contribution in [1.82, 2.24) is 0 Å². The van der Waals surface area contributed by atoms with E-state index in [-0.39, 0.29) is 0 Å². The maximum Gasteiger partial charge on any atom is 0.180 e. The number of hydrogen-bond donors (Lipinski definition) is 1. The summed E-state index contributed by atoms with van der Waals surface area (Å²) in [7, 11) is 0. The zero-order valence-electron chi connectivity index (χ0n) is 9.46. The summed E-state index contributed by atoms with van der Waals surface area (Å²) in [5.41, 5.74) is 6.38. The van der Waals surface area contributed by atoms with Gasteiger partial charge in [-0.1, -0.05) is 30.0 Å². The summed E-state index contributed by atoms with van der Waals surface area (Å²) in [4.78, 5) is 0. The maximum absolute atomic E-state index is 5.63. The molecule has 0 saturated heterocycles. The van der Waals surface area contributed by atoms with Gasteiger partial charge in [0.25, 0.3) is 0 Å². The van der Waals surface area contributed by atoms with Gasteiger partial charge in [-0.2, -0.15) is 5.10 Å². The van der Waals surface area contributed by atoms with Crippen LogP contribution in [0, 0.1) is 0 Å². The number of furan rings is 1. The molecular weight excluding hydrogens is 234 g/mol. The van der Waals surface area contributed by atoms with Gasteiger partial charge < -0.3 is 10.2 Å². The van der Waals surface area contributed by atoms with Crippen LogP contribution in [0.3, 0.4) is 0 Å². The van der Waals surface area contributed by atoms with Crippen LogP contribution >= 0.6 is 11.8 Å². The van der Waals surface area contributed by atoms with E-state index >= 15 is 0 Å². The molecule has 0 saturated carbocycles. The highest BCUT2D eigenvalue weighted by Gasteiger charge is 2.00. The van der Waals surface area contributed by atoms with Gasteiger partial charge in [-0.05, 0) is 18.4 Å². The third-order valence-corrected chi connectivity index (χ3v) is 2.72. The van der Waals surface area contributed by atoms with Crippen molar-refractivity contribution >= 4 is 34.1 Å². The molecular formula is C12H13N3OS. The smallest absolute Gasteiger partial charge is 0.180 e. The van der Waals surface area contributed by atoms with Gasteiger partial charge in [-0.15, -0.1) is 5.10 Å². The van der Waals surface area contributed by atoms with Crippen LogP contribution < -0.4 is 5.73 Å². The van der Waals surface area contributed by atoms with Crippen molar-refractivity contribution in [3.8, 4) is 0 Å². The number of para-hydroxylation sites is 1. The Hall–Kier alpha value is -1.75. The number of thioether (sulfide) groups is 1. The first-order valence-electron chi connectivity index (χ1n) is 5.16. The lowest BCUT2D eigenvalue weighted by atomic mass is 10.2. The Morgan fingerprint density at radius 3 is 3.06 bits per heavy atom. The van der Waals surface area contributed by atoms with Crippen LogP contribution in [0.25, 0.3) is 11.0 Å². The largest absolute Gasteiger partial charge is 0.461 e. The second kappa shape index (κ2) is 5.54. The number of benzene rings is 1. The second-order valence-corrected chi connectivity index (χ2v) is 4.22. The number of amidine groups is 1. The number of hydrogen-bond acceptors (Lipinski definition) is 4. The highest BCUT2D eigenvalue weighted by molar-refractivity contribution is 8.13. The van der Waals surface area contributed by atoms with Crippen LogP contribution in [0.15, 0.2) is 45.0 Å². The molecule has 2 aromatic rings. The van der Waals surface area contributed by atoms with E-state index in [4.69, 9.17) is 10.2 Å². The first kappa shape index (κ1) is 11.7. The van der Waals surface area contributed by atoms with Crippen molar-refractivity contribution in [3.63, 3.8) is 0 Å². The van der Waals surface area contributed by atoms with E-state index in [1.165, 1.54) is 11.8 Å². The summed E-state index contributed by atoms with van der Waals surface area (Å²) >= 11 is 1.37. The fraction of sp³-hybridized carbons (Fsp3) is 0.167. The molecule has 1 aromatic heterocycles. The summed E-state index contributed by atoms with van der Waals surface area (Å²) in [6, 6.07) is 9.90. The van der Waals surface area contributed by atoms with Crippen molar-refractivity contribution < 1.29 is 4.42 Å². The molecule has 0 fully saturated rings. The number of fused-ring (bicyclic) bond motifs is 1. The normalized spacial score (nSPS) is 12.6. The predicted octanol–water partition coefficient (Wildman–Crippen LogP) is 2.64. The molecule has 0 atom stereocenters. The predicted molar refractivity (Wildman–Crippen MR) is 73.5 cm³/mol. The molecule has 88 valence electrons. The first-order chi connectivity index (χ1) is 8.29. The van der Waals surface area contributed by atoms with Crippen LogP contribution in [-0.4, -0.2) is 17.6 Å². The average molecular weight is 247 g/mol. The Bertz CT molecular complexity index is 527. The molecule has 4 nitrogen and oxygen atoms in total. The summed E-state index contributed by atoms with van der Waals surface area (Å²) in [6.07, 6.45) is 4.15. The minimum atomic E-state index is 0.450. The zero-order valence-corrected chi connectivity index (χ0v) is 10.3. The Labute approximate surface area is 104 Å². The fourth-order valence-electron chi connectivity index (χ4n) is 1.41. The molecule has 0 radical (unpaired) electrons. The van der Waals surface area contributed by atoms with Gasteiger partial charge in [0, 0.05) is 18.0 Å². The second-order valence-electron chi connectivity index (χ2n) is 3.40. The molecule has 0 aliphatic carbocycles. The number of rotatable bonds is 3. The fourth-order valence-corrected chi connectivity index (χ4v) is 1.54. The zero-order chi connectivity index (χ0) is 12.1. The lowest BCUT2D eigenvalue weighted by Crippen LogP contribution is -2.03. The summed E-state index contributed by atoms with van der Waals surface area (Å²) in [5, 5.41) is 9.21. The Balaban J connectivity index is 2.04. The van der Waals surface area contributed by atoms with E-state index in [0.717, 1.165) is 16.7 Å². The molecule has 17 heavy (non-hydrogen) atoms. The molecule has 0 amide bonds. The molecule has 1 heterocycles. The molecule has 0 spiro atoms. The Kier molecular flexibility index (Phi) is 3.82. The van der Waals surface area contributed by atoms with Gasteiger partial charge in [-0.3, -0.25) is 0 Å². The monoisotopic (exact) mass is 247 g/mol. The lowest BCUT2D eigenvalue weighted by molar-refractivity contribution is 0.570. The van der Waals surface area contributed by atoms with Crippen molar-refractivity contribution in [2.75, 3.05) is 6.26 Å². The Morgan fingerprint density at radius 2 is 2.29 bits per heavy atom. The molecule has 0 aliphatic heterocycles. The molecule has 1 aromatic carbocycles. The number of nitrogens with zero attached hydrogens (tertiary/aromatic N) is 2. The summed E-state index contributed by atoms with van der Waals surface area (Å²) < 4.78 is 5.63. The van der Waals surface area contributed by atoms with Crippen molar-refractivity contribution in [3.05, 3.63) is 36.1 Å². The maximum atomic E-state index is 5.63. The van der Waals surface area contributed by atoms with Crippen LogP contribution in [0.1, 0.15) is 5.76 Å². The highest BCUT2D eigenvalue weighted by atomic mass is 32.2. The standard InChI is InChI=1S/C12H13N3OS/c1-17-12(13)15-14-7-6-10-8-9-4-2-3-5-11(9)16-10/h2-5,7-8H,6H2,1H3,(H2,13,15). The van der Waals surface area contributed by atoms with Crippen molar-refractivity contribution in [1.29, 1.82) is 0 Å². The quantitative estimate of drug-likeness (QED) is 0.515. The van der Waals surface area contributed by atoms with E-state index in [2.05, 4.69) is 10.2 Å². The minimum absolute atomic E-state index is 0.450. The van der Waals surface area contributed by atoms with Crippen LogP contribution in [-0.2, 0) is 6.42 Å². The Morgan fingerprint density at radius 1 is 1.47 bits per heavy atom. The summed E-state index contributed by atoms with van der Waals surface area (Å²) in [6.45, 7) is 0. The van der Waals surface area contributed by atoms with Gasteiger partial charge in [0.15, 0.2) is 5.17 Å². The molecule has 0 bridgehead atoms. The van der Waals surface area contributed by atoms with E-state index in [1.807, 2.05) is 36.6 Å². The van der Waals surface area contributed by atoms with Gasteiger partial charge in [-0.25, -0.2) is 0 Å². The topological polar surface area (TPSA) is 63.9 Å². The SMILES string of the molecule is CSC(N)=NN=CCc1cc2ccccc2o1. The third-order valence-electron chi connectivity index (χ3n) is 2.22. The highest BCUT2D eigenvalue weighted by Crippen LogP contribution is 2.18. The van der Waals surface area contributed by atoms with Gasteiger partial charge in [0.05, 0.1) is 0 Å². The van der Waals surface area contributed by atoms with Crippen LogP contribution in [0.4, 0.5) is 0 Å². The lowest BCUT2D eigenvalue weighted by Gasteiger charge is -1.88.